The minimum Gasteiger partial charge on any atom is -0.326 e. The number of nitrogens with zero attached hydrogens (tertiary/aromatic N) is 1. The van der Waals surface area contributed by atoms with Gasteiger partial charge in [0.1, 0.15) is 0 Å². The molecule has 100 valence electrons. The van der Waals surface area contributed by atoms with E-state index in [0.29, 0.717) is 13.1 Å². The number of aromatic nitrogens is 1. The fourth-order valence-electron chi connectivity index (χ4n) is 1.77. The highest BCUT2D eigenvalue weighted by Crippen LogP contribution is 2.33. The predicted molar refractivity (Wildman–Crippen MR) is 69.3 cm³/mol. The first-order valence-corrected chi connectivity index (χ1v) is 7.75. The van der Waals surface area contributed by atoms with E-state index < -0.39 is 10.0 Å². The minimum atomic E-state index is -3.46. The van der Waals surface area contributed by atoms with Crippen molar-refractivity contribution in [3.8, 4) is 0 Å². The number of sulfonamides is 1. The van der Waals surface area contributed by atoms with Gasteiger partial charge < -0.3 is 5.73 Å². The van der Waals surface area contributed by atoms with Crippen LogP contribution < -0.4 is 10.5 Å². The summed E-state index contributed by atoms with van der Waals surface area (Å²) in [5, 5.41) is 0.0612. The molecule has 1 aromatic heterocycles. The largest absolute Gasteiger partial charge is 0.326 e. The third-order valence-electron chi connectivity index (χ3n) is 3.09. The van der Waals surface area contributed by atoms with Crippen LogP contribution in [0.25, 0.3) is 0 Å². The van der Waals surface area contributed by atoms with Crippen molar-refractivity contribution in [1.82, 2.24) is 9.71 Å². The Kier molecular flexibility index (Phi) is 4.31. The van der Waals surface area contributed by atoms with E-state index >= 15 is 0 Å². The van der Waals surface area contributed by atoms with Gasteiger partial charge in [0.2, 0.25) is 0 Å². The topological polar surface area (TPSA) is 85.1 Å². The molecule has 1 fully saturated rings. The van der Waals surface area contributed by atoms with Crippen molar-refractivity contribution < 1.29 is 8.42 Å². The van der Waals surface area contributed by atoms with Crippen molar-refractivity contribution in [1.29, 1.82) is 0 Å². The lowest BCUT2D eigenvalue weighted by molar-refractivity contribution is 0.569. The first kappa shape index (κ1) is 13.5. The number of nitrogens with one attached hydrogen (secondary N) is 1. The standard InChI is InChI=1S/C12H19N3O2S/c13-8-11-5-6-12(14-9-11)18(16,17)15-7-1-2-10-3-4-10/h5-6,9-10,15H,1-4,7-8,13H2. The van der Waals surface area contributed by atoms with Crippen LogP contribution in [-0.4, -0.2) is 19.9 Å². The van der Waals surface area contributed by atoms with E-state index in [1.54, 1.807) is 6.07 Å². The predicted octanol–water partition coefficient (Wildman–Crippen LogP) is 1.01. The Labute approximate surface area is 108 Å². The van der Waals surface area contributed by atoms with E-state index in [0.717, 1.165) is 24.3 Å². The zero-order valence-corrected chi connectivity index (χ0v) is 11.1. The molecule has 1 aromatic rings. The number of pyridine rings is 1. The Bertz CT molecular complexity index is 481. The third kappa shape index (κ3) is 3.76. The maximum absolute atomic E-state index is 11.9. The van der Waals surface area contributed by atoms with Crippen LogP contribution in [0.4, 0.5) is 0 Å². The van der Waals surface area contributed by atoms with Gasteiger partial charge in [-0.1, -0.05) is 18.9 Å². The zero-order chi connectivity index (χ0) is 13.0. The summed E-state index contributed by atoms with van der Waals surface area (Å²) in [6.07, 6.45) is 6.11. The fourth-order valence-corrected chi connectivity index (χ4v) is 2.77. The molecule has 18 heavy (non-hydrogen) atoms. The molecule has 0 spiro atoms. The van der Waals surface area contributed by atoms with Gasteiger partial charge in [-0.2, -0.15) is 0 Å². The number of hydrogen-bond donors (Lipinski definition) is 2. The summed E-state index contributed by atoms with van der Waals surface area (Å²) >= 11 is 0. The molecule has 0 bridgehead atoms. The van der Waals surface area contributed by atoms with Gasteiger partial charge >= 0.3 is 0 Å². The van der Waals surface area contributed by atoms with Crippen molar-refractivity contribution >= 4 is 10.0 Å². The van der Waals surface area contributed by atoms with E-state index in [-0.39, 0.29) is 5.03 Å². The van der Waals surface area contributed by atoms with Crippen molar-refractivity contribution in [2.75, 3.05) is 6.54 Å². The fraction of sp³-hybridized carbons (Fsp3) is 0.583. The summed E-state index contributed by atoms with van der Waals surface area (Å²) < 4.78 is 26.3. The summed E-state index contributed by atoms with van der Waals surface area (Å²) in [6.45, 7) is 0.849. The molecule has 0 aliphatic heterocycles. The highest BCUT2D eigenvalue weighted by atomic mass is 32.2. The van der Waals surface area contributed by atoms with E-state index in [9.17, 15) is 8.42 Å². The first-order valence-electron chi connectivity index (χ1n) is 6.26. The van der Waals surface area contributed by atoms with Crippen LogP contribution in [-0.2, 0) is 16.6 Å². The molecule has 5 nitrogen and oxygen atoms in total. The summed E-state index contributed by atoms with van der Waals surface area (Å²) in [5.41, 5.74) is 6.26. The Morgan fingerprint density at radius 1 is 1.39 bits per heavy atom. The van der Waals surface area contributed by atoms with E-state index in [1.165, 1.54) is 25.1 Å². The van der Waals surface area contributed by atoms with Crippen molar-refractivity contribution in [2.45, 2.75) is 37.3 Å². The molecule has 1 saturated carbocycles. The lowest BCUT2D eigenvalue weighted by Crippen LogP contribution is -2.25. The van der Waals surface area contributed by atoms with Crippen LogP contribution >= 0.6 is 0 Å². The molecule has 2 rings (SSSR count). The second kappa shape index (κ2) is 5.77. The van der Waals surface area contributed by atoms with Crippen LogP contribution in [0.2, 0.25) is 0 Å². The molecular formula is C12H19N3O2S. The maximum atomic E-state index is 11.9. The number of hydrogen-bond acceptors (Lipinski definition) is 4. The molecule has 0 saturated heterocycles. The molecule has 1 aliphatic carbocycles. The quantitative estimate of drug-likeness (QED) is 0.723. The van der Waals surface area contributed by atoms with Crippen LogP contribution in [0.5, 0.6) is 0 Å². The van der Waals surface area contributed by atoms with Gasteiger partial charge in [0.15, 0.2) is 5.03 Å². The second-order valence-corrected chi connectivity index (χ2v) is 6.41. The van der Waals surface area contributed by atoms with Crippen LogP contribution in [0, 0.1) is 5.92 Å². The smallest absolute Gasteiger partial charge is 0.258 e. The lowest BCUT2D eigenvalue weighted by Gasteiger charge is -2.06. The van der Waals surface area contributed by atoms with Gasteiger partial charge in [-0.25, -0.2) is 18.1 Å². The first-order chi connectivity index (χ1) is 8.62. The molecule has 0 amide bonds. The Hall–Kier alpha value is -0.980. The van der Waals surface area contributed by atoms with Gasteiger partial charge in [-0.15, -0.1) is 0 Å². The summed E-state index contributed by atoms with van der Waals surface area (Å²) in [6, 6.07) is 3.18. The van der Waals surface area contributed by atoms with Gasteiger partial charge in [-0.05, 0) is 30.4 Å². The molecule has 3 N–H and O–H groups in total. The van der Waals surface area contributed by atoms with E-state index in [1.807, 2.05) is 0 Å². The highest BCUT2D eigenvalue weighted by molar-refractivity contribution is 7.89. The third-order valence-corrected chi connectivity index (χ3v) is 4.46. The molecule has 1 aliphatic rings. The molecule has 1 heterocycles. The highest BCUT2D eigenvalue weighted by Gasteiger charge is 2.21. The van der Waals surface area contributed by atoms with Crippen molar-refractivity contribution in [2.24, 2.45) is 11.7 Å². The Balaban J connectivity index is 1.87. The Morgan fingerprint density at radius 3 is 2.72 bits per heavy atom. The van der Waals surface area contributed by atoms with E-state index in [4.69, 9.17) is 5.73 Å². The number of rotatable bonds is 7. The SMILES string of the molecule is NCc1ccc(S(=O)(=O)NCCCC2CC2)nc1. The van der Waals surface area contributed by atoms with Gasteiger partial charge in [0, 0.05) is 19.3 Å². The van der Waals surface area contributed by atoms with Gasteiger partial charge in [0.25, 0.3) is 10.0 Å². The van der Waals surface area contributed by atoms with Crippen molar-refractivity contribution in [3.63, 3.8) is 0 Å². The van der Waals surface area contributed by atoms with Gasteiger partial charge in [-0.3, -0.25) is 0 Å². The molecule has 0 atom stereocenters. The number of nitrogens with two attached hydrogens (primary N) is 1. The second-order valence-electron chi connectivity index (χ2n) is 4.69. The summed E-state index contributed by atoms with van der Waals surface area (Å²) in [7, 11) is -3.46. The average Bonchev–Trinajstić information content (AvgIpc) is 3.19. The summed E-state index contributed by atoms with van der Waals surface area (Å²) in [5.74, 6) is 0.830. The molecule has 0 unspecified atom stereocenters. The summed E-state index contributed by atoms with van der Waals surface area (Å²) in [4.78, 5) is 3.92. The maximum Gasteiger partial charge on any atom is 0.258 e. The van der Waals surface area contributed by atoms with E-state index in [2.05, 4.69) is 9.71 Å². The van der Waals surface area contributed by atoms with Crippen LogP contribution in [0.1, 0.15) is 31.2 Å². The Morgan fingerprint density at radius 2 is 2.17 bits per heavy atom. The zero-order valence-electron chi connectivity index (χ0n) is 10.3. The van der Waals surface area contributed by atoms with Crippen molar-refractivity contribution in [3.05, 3.63) is 23.9 Å². The van der Waals surface area contributed by atoms with Crippen LogP contribution in [0.3, 0.4) is 0 Å². The van der Waals surface area contributed by atoms with Gasteiger partial charge in [0.05, 0.1) is 0 Å². The average molecular weight is 269 g/mol. The molecular weight excluding hydrogens is 250 g/mol. The monoisotopic (exact) mass is 269 g/mol. The lowest BCUT2D eigenvalue weighted by atomic mass is 10.2. The minimum absolute atomic E-state index is 0.0612. The normalized spacial score (nSPS) is 15.8. The molecule has 6 heteroatoms. The van der Waals surface area contributed by atoms with Crippen LogP contribution in [0.15, 0.2) is 23.4 Å². The molecule has 0 radical (unpaired) electrons. The molecule has 0 aromatic carbocycles.